The number of benzene rings is 1. The molecular formula is C19H26N6O2. The number of nitrogens with zero attached hydrogens (tertiary/aromatic N) is 4. The predicted octanol–water partition coefficient (Wildman–Crippen LogP) is 2.58. The summed E-state index contributed by atoms with van der Waals surface area (Å²) in [5.74, 6) is 0.824. The van der Waals surface area contributed by atoms with Crippen molar-refractivity contribution in [2.24, 2.45) is 21.1 Å². The van der Waals surface area contributed by atoms with Crippen LogP contribution < -0.4 is 16.3 Å². The second-order valence-corrected chi connectivity index (χ2v) is 6.89. The van der Waals surface area contributed by atoms with E-state index in [1.54, 1.807) is 29.4 Å². The quantitative estimate of drug-likeness (QED) is 0.724. The lowest BCUT2D eigenvalue weighted by Crippen LogP contribution is -2.34. The lowest BCUT2D eigenvalue weighted by atomic mass is 10.1. The van der Waals surface area contributed by atoms with E-state index in [0.29, 0.717) is 5.69 Å². The second kappa shape index (κ2) is 7.30. The van der Waals surface area contributed by atoms with Crippen LogP contribution in [-0.2, 0) is 21.1 Å². The molecule has 1 unspecified atom stereocenters. The van der Waals surface area contributed by atoms with Gasteiger partial charge in [-0.05, 0) is 31.0 Å². The van der Waals surface area contributed by atoms with E-state index in [9.17, 15) is 9.59 Å². The Morgan fingerprint density at radius 2 is 1.85 bits per heavy atom. The Labute approximate surface area is 157 Å². The number of hydrogen-bond acceptors (Lipinski definition) is 3. The summed E-state index contributed by atoms with van der Waals surface area (Å²) < 4.78 is 5.09. The Kier molecular flexibility index (Phi) is 5.07. The molecule has 27 heavy (non-hydrogen) atoms. The van der Waals surface area contributed by atoms with Crippen LogP contribution in [0.3, 0.4) is 0 Å². The summed E-state index contributed by atoms with van der Waals surface area (Å²) in [5.41, 5.74) is 3.09. The van der Waals surface area contributed by atoms with Gasteiger partial charge in [0.1, 0.15) is 5.82 Å². The van der Waals surface area contributed by atoms with Crippen molar-refractivity contribution in [2.75, 3.05) is 5.32 Å². The summed E-state index contributed by atoms with van der Waals surface area (Å²) in [4.78, 5) is 29.1. The van der Waals surface area contributed by atoms with Gasteiger partial charge >= 0.3 is 11.7 Å². The molecule has 2 amide bonds. The van der Waals surface area contributed by atoms with Crippen molar-refractivity contribution in [3.05, 3.63) is 46.4 Å². The van der Waals surface area contributed by atoms with Crippen LogP contribution in [0, 0.1) is 6.92 Å². The number of rotatable bonds is 5. The lowest BCUT2D eigenvalue weighted by Gasteiger charge is -2.19. The number of carbonyl (C=O) groups is 1. The molecule has 3 rings (SSSR count). The van der Waals surface area contributed by atoms with E-state index in [0.717, 1.165) is 35.3 Å². The number of fused-ring (bicyclic) bond motifs is 1. The van der Waals surface area contributed by atoms with Gasteiger partial charge in [0.15, 0.2) is 0 Å². The number of carbonyl (C=O) groups excluding carboxylic acids is 1. The molecule has 0 saturated heterocycles. The molecule has 0 aliphatic rings. The first-order chi connectivity index (χ1) is 12.8. The third-order valence-corrected chi connectivity index (χ3v) is 4.92. The number of aromatic nitrogens is 4. The monoisotopic (exact) mass is 370 g/mol. The number of anilines is 1. The summed E-state index contributed by atoms with van der Waals surface area (Å²) in [6, 6.07) is 3.29. The Morgan fingerprint density at radius 1 is 1.19 bits per heavy atom. The van der Waals surface area contributed by atoms with Crippen molar-refractivity contribution in [3.63, 3.8) is 0 Å². The molecule has 144 valence electrons. The van der Waals surface area contributed by atoms with Crippen LogP contribution in [0.4, 0.5) is 10.5 Å². The summed E-state index contributed by atoms with van der Waals surface area (Å²) in [6.45, 7) is 3.98. The highest BCUT2D eigenvalue weighted by Gasteiger charge is 2.19. The largest absolute Gasteiger partial charge is 0.336 e. The van der Waals surface area contributed by atoms with Crippen molar-refractivity contribution in [2.45, 2.75) is 32.7 Å². The van der Waals surface area contributed by atoms with E-state index in [4.69, 9.17) is 0 Å². The van der Waals surface area contributed by atoms with E-state index in [1.165, 1.54) is 0 Å². The topological polar surface area (TPSA) is 85.9 Å². The number of amides is 2. The molecule has 0 saturated carbocycles. The fourth-order valence-corrected chi connectivity index (χ4v) is 3.37. The molecule has 8 nitrogen and oxygen atoms in total. The van der Waals surface area contributed by atoms with Gasteiger partial charge in [0.25, 0.3) is 0 Å². The van der Waals surface area contributed by atoms with Crippen molar-refractivity contribution in [1.82, 2.24) is 24.0 Å². The average Bonchev–Trinajstić information content (AvgIpc) is 3.13. The molecule has 3 aromatic rings. The van der Waals surface area contributed by atoms with E-state index in [1.807, 2.05) is 36.9 Å². The molecule has 0 fully saturated rings. The fourth-order valence-electron chi connectivity index (χ4n) is 3.37. The van der Waals surface area contributed by atoms with Gasteiger partial charge in [-0.25, -0.2) is 14.6 Å². The lowest BCUT2D eigenvalue weighted by molar-refractivity contribution is 0.247. The van der Waals surface area contributed by atoms with Gasteiger partial charge in [0.2, 0.25) is 0 Å². The minimum atomic E-state index is -0.292. The van der Waals surface area contributed by atoms with Crippen molar-refractivity contribution >= 4 is 22.8 Å². The fraction of sp³-hybridized carbons (Fsp3) is 0.421. The van der Waals surface area contributed by atoms with Crippen LogP contribution in [0.15, 0.2) is 29.3 Å². The number of aryl methyl sites for hydroxylation is 4. The highest BCUT2D eigenvalue weighted by molar-refractivity contribution is 5.93. The summed E-state index contributed by atoms with van der Waals surface area (Å²) in [7, 11) is 5.38. The Bertz CT molecular complexity index is 1040. The highest BCUT2D eigenvalue weighted by atomic mass is 16.2. The number of urea groups is 1. The zero-order valence-corrected chi connectivity index (χ0v) is 16.4. The van der Waals surface area contributed by atoms with E-state index in [2.05, 4.69) is 22.5 Å². The minimum absolute atomic E-state index is 0.0937. The number of nitrogens with one attached hydrogen (secondary N) is 2. The molecule has 2 N–H and O–H groups in total. The molecular weight excluding hydrogens is 344 g/mol. The molecule has 0 spiro atoms. The highest BCUT2D eigenvalue weighted by Crippen LogP contribution is 2.23. The van der Waals surface area contributed by atoms with Crippen LogP contribution in [-0.4, -0.2) is 24.7 Å². The maximum Gasteiger partial charge on any atom is 0.328 e. The maximum atomic E-state index is 12.6. The Balaban J connectivity index is 1.85. The molecule has 0 aliphatic heterocycles. The molecule has 0 aliphatic carbocycles. The Morgan fingerprint density at radius 3 is 2.44 bits per heavy atom. The van der Waals surface area contributed by atoms with Gasteiger partial charge in [-0.3, -0.25) is 9.13 Å². The number of imidazole rings is 2. The van der Waals surface area contributed by atoms with Crippen LogP contribution in [0.2, 0.25) is 0 Å². The third-order valence-electron chi connectivity index (χ3n) is 4.92. The molecule has 0 bridgehead atoms. The zero-order chi connectivity index (χ0) is 19.7. The van der Waals surface area contributed by atoms with Crippen molar-refractivity contribution in [3.8, 4) is 0 Å². The predicted molar refractivity (Wildman–Crippen MR) is 106 cm³/mol. The summed E-state index contributed by atoms with van der Waals surface area (Å²) in [5, 5.41) is 5.93. The minimum Gasteiger partial charge on any atom is -0.336 e. The molecule has 2 heterocycles. The first-order valence-electron chi connectivity index (χ1n) is 9.04. The zero-order valence-electron chi connectivity index (χ0n) is 16.4. The normalized spacial score (nSPS) is 12.3. The van der Waals surface area contributed by atoms with E-state index < -0.39 is 0 Å². The molecule has 1 atom stereocenters. The van der Waals surface area contributed by atoms with Crippen LogP contribution in [0.5, 0.6) is 0 Å². The SMILES string of the molecule is CCCC(NC(=O)Nc1cc2c(cc1C)n(C)c(=O)n2C)c1nccn1C. The van der Waals surface area contributed by atoms with Gasteiger partial charge in [0, 0.05) is 39.2 Å². The van der Waals surface area contributed by atoms with E-state index in [-0.39, 0.29) is 17.8 Å². The molecule has 8 heteroatoms. The van der Waals surface area contributed by atoms with Gasteiger partial charge in [-0.2, -0.15) is 0 Å². The maximum absolute atomic E-state index is 12.6. The smallest absolute Gasteiger partial charge is 0.328 e. The standard InChI is InChI=1S/C19H26N6O2/c1-6-7-13(17-20-8-9-23(17)3)21-18(26)22-14-11-16-15(10-12(14)2)24(4)19(27)25(16)5/h8-11,13H,6-7H2,1-5H3,(H2,21,22,26). The summed E-state index contributed by atoms with van der Waals surface area (Å²) in [6.07, 6.45) is 5.32. The van der Waals surface area contributed by atoms with Crippen molar-refractivity contribution < 1.29 is 4.79 Å². The van der Waals surface area contributed by atoms with Crippen LogP contribution >= 0.6 is 0 Å². The average molecular weight is 370 g/mol. The van der Waals surface area contributed by atoms with E-state index >= 15 is 0 Å². The van der Waals surface area contributed by atoms with Gasteiger partial charge in [-0.15, -0.1) is 0 Å². The first kappa shape index (κ1) is 18.8. The van der Waals surface area contributed by atoms with Crippen LogP contribution in [0.1, 0.15) is 37.2 Å². The van der Waals surface area contributed by atoms with Gasteiger partial charge in [0.05, 0.1) is 17.1 Å². The molecule has 1 aromatic carbocycles. The molecule has 0 radical (unpaired) electrons. The molecule has 2 aromatic heterocycles. The van der Waals surface area contributed by atoms with Gasteiger partial charge in [-0.1, -0.05) is 13.3 Å². The third kappa shape index (κ3) is 3.47. The first-order valence-corrected chi connectivity index (χ1v) is 9.04. The number of hydrogen-bond donors (Lipinski definition) is 2. The van der Waals surface area contributed by atoms with Crippen molar-refractivity contribution in [1.29, 1.82) is 0 Å². The van der Waals surface area contributed by atoms with Crippen LogP contribution in [0.25, 0.3) is 11.0 Å². The summed E-state index contributed by atoms with van der Waals surface area (Å²) >= 11 is 0. The second-order valence-electron chi connectivity index (χ2n) is 6.89. The van der Waals surface area contributed by atoms with Gasteiger partial charge < -0.3 is 15.2 Å². The Hall–Kier alpha value is -3.03.